The van der Waals surface area contributed by atoms with Crippen LogP contribution in [-0.2, 0) is 5.41 Å². The highest BCUT2D eigenvalue weighted by molar-refractivity contribution is 6.22. The summed E-state index contributed by atoms with van der Waals surface area (Å²) >= 11 is 0. The molecule has 0 aliphatic heterocycles. The molecule has 0 radical (unpaired) electrons. The monoisotopic (exact) mass is 638 g/mol. The normalized spacial score (nSPS) is 11.9. The van der Waals surface area contributed by atoms with Gasteiger partial charge in [0.2, 0.25) is 0 Å². The zero-order chi connectivity index (χ0) is 33.8. The fraction of sp³-hybridized carbons (Fsp3) is 0.0800. The number of benzene rings is 9. The van der Waals surface area contributed by atoms with Crippen LogP contribution in [0.15, 0.2) is 176 Å². The number of fused-ring (bicyclic) bond motifs is 4. The Bertz CT molecular complexity index is 2660. The van der Waals surface area contributed by atoms with Crippen LogP contribution in [0.2, 0.25) is 0 Å². The number of hydrogen-bond donors (Lipinski definition) is 0. The third-order valence-corrected chi connectivity index (χ3v) is 10.4. The lowest BCUT2D eigenvalue weighted by Gasteiger charge is -2.25. The van der Waals surface area contributed by atoms with Gasteiger partial charge in [0.1, 0.15) is 0 Å². The van der Waals surface area contributed by atoms with Crippen molar-refractivity contribution in [2.24, 2.45) is 0 Å². The summed E-state index contributed by atoms with van der Waals surface area (Å²) in [5.74, 6) is 0. The Morgan fingerprint density at radius 3 is 1.50 bits per heavy atom. The smallest absolute Gasteiger partial charge is 0.00234 e. The van der Waals surface area contributed by atoms with Gasteiger partial charge in [0.05, 0.1) is 0 Å². The van der Waals surface area contributed by atoms with Gasteiger partial charge in [-0.1, -0.05) is 185 Å². The minimum absolute atomic E-state index is 0.0138. The fourth-order valence-electron chi connectivity index (χ4n) is 7.98. The number of hydrogen-bond acceptors (Lipinski definition) is 0. The minimum atomic E-state index is 0.0138. The van der Waals surface area contributed by atoms with Gasteiger partial charge in [0.15, 0.2) is 0 Å². The Hall–Kier alpha value is -5.98. The lowest BCUT2D eigenvalue weighted by molar-refractivity contribution is 0.592. The van der Waals surface area contributed by atoms with Crippen LogP contribution >= 0.6 is 0 Å². The van der Waals surface area contributed by atoms with Gasteiger partial charge in [-0.25, -0.2) is 0 Å². The molecule has 0 amide bonds. The first-order chi connectivity index (χ1) is 24.4. The summed E-state index contributed by atoms with van der Waals surface area (Å²) < 4.78 is 0. The summed E-state index contributed by atoms with van der Waals surface area (Å²) in [5, 5.41) is 10.2. The predicted octanol–water partition coefficient (Wildman–Crippen LogP) is 14.3. The largest absolute Gasteiger partial charge is 0.0619 e. The Morgan fingerprint density at radius 2 is 0.800 bits per heavy atom. The number of rotatable bonds is 4. The molecule has 50 heavy (non-hydrogen) atoms. The molecular weight excluding hydrogens is 601 g/mol. The summed E-state index contributed by atoms with van der Waals surface area (Å²) in [7, 11) is 0. The molecule has 0 heteroatoms. The Morgan fingerprint density at radius 1 is 0.300 bits per heavy atom. The molecule has 0 spiro atoms. The molecular formula is C50H38. The van der Waals surface area contributed by atoms with Crippen LogP contribution in [0.3, 0.4) is 0 Å². The lowest BCUT2D eigenvalue weighted by atomic mass is 9.78. The molecule has 9 rings (SSSR count). The van der Waals surface area contributed by atoms with E-state index in [4.69, 9.17) is 0 Å². The molecule has 0 atom stereocenters. The Kier molecular flexibility index (Phi) is 7.14. The van der Waals surface area contributed by atoms with E-state index in [1.54, 1.807) is 0 Å². The first-order valence-corrected chi connectivity index (χ1v) is 17.6. The third-order valence-electron chi connectivity index (χ3n) is 10.4. The van der Waals surface area contributed by atoms with Crippen molar-refractivity contribution in [1.82, 2.24) is 0 Å². The van der Waals surface area contributed by atoms with Crippen LogP contribution < -0.4 is 0 Å². The van der Waals surface area contributed by atoms with Crippen molar-refractivity contribution in [2.75, 3.05) is 0 Å². The molecule has 0 N–H and O–H groups in total. The van der Waals surface area contributed by atoms with Crippen molar-refractivity contribution in [1.29, 1.82) is 0 Å². The first kappa shape index (κ1) is 30.1. The lowest BCUT2D eigenvalue weighted by Crippen LogP contribution is -2.12. The Labute approximate surface area is 294 Å². The third kappa shape index (κ3) is 5.08. The van der Waals surface area contributed by atoms with Crippen LogP contribution in [0.1, 0.15) is 26.3 Å². The maximum absolute atomic E-state index is 2.42. The van der Waals surface area contributed by atoms with E-state index in [0.717, 1.165) is 0 Å². The molecule has 238 valence electrons. The second-order valence-electron chi connectivity index (χ2n) is 14.5. The van der Waals surface area contributed by atoms with E-state index in [0.29, 0.717) is 0 Å². The summed E-state index contributed by atoms with van der Waals surface area (Å²) in [6, 6.07) is 65.0. The highest BCUT2D eigenvalue weighted by atomic mass is 14.3. The van der Waals surface area contributed by atoms with Crippen molar-refractivity contribution < 1.29 is 0 Å². The van der Waals surface area contributed by atoms with E-state index in [-0.39, 0.29) is 5.41 Å². The maximum atomic E-state index is 2.42. The summed E-state index contributed by atoms with van der Waals surface area (Å²) in [5.41, 5.74) is 11.5. The van der Waals surface area contributed by atoms with Crippen molar-refractivity contribution in [3.63, 3.8) is 0 Å². The molecule has 0 bridgehead atoms. The van der Waals surface area contributed by atoms with E-state index < -0.39 is 0 Å². The average molecular weight is 639 g/mol. The Balaban J connectivity index is 1.22. The zero-order valence-corrected chi connectivity index (χ0v) is 28.7. The van der Waals surface area contributed by atoms with Crippen LogP contribution in [0, 0.1) is 0 Å². The van der Waals surface area contributed by atoms with E-state index >= 15 is 0 Å². The van der Waals surface area contributed by atoms with Crippen LogP contribution in [0.5, 0.6) is 0 Å². The summed E-state index contributed by atoms with van der Waals surface area (Å²) in [4.78, 5) is 0. The molecule has 0 fully saturated rings. The SMILES string of the molecule is CC(C)(C)c1ccccc1-c1c2ccccc2c(-c2ccc3cccc(-c4ccc(-c5ccc6ccccc6c5)cc4)c3c2)c2ccccc12. The summed E-state index contributed by atoms with van der Waals surface area (Å²) in [6.07, 6.45) is 0. The standard InChI is InChI=1S/C50H38/c1-50(2,3)47-22-11-10-20-45(47)49-43-18-8-6-16-41(43)48(42-17-7-9-19-44(42)49)39-30-28-35-15-12-21-40(46(35)32-39)36-26-23-34(24-27-36)38-29-25-33-13-4-5-14-37(33)31-38/h4-32H,1-3H3. The van der Waals surface area contributed by atoms with E-state index in [9.17, 15) is 0 Å². The molecule has 0 aliphatic carbocycles. The van der Waals surface area contributed by atoms with Crippen molar-refractivity contribution >= 4 is 43.1 Å². The zero-order valence-electron chi connectivity index (χ0n) is 28.7. The highest BCUT2D eigenvalue weighted by Gasteiger charge is 2.23. The van der Waals surface area contributed by atoms with Gasteiger partial charge < -0.3 is 0 Å². The quantitative estimate of drug-likeness (QED) is 0.168. The molecule has 0 unspecified atom stereocenters. The van der Waals surface area contributed by atoms with Gasteiger partial charge in [0.25, 0.3) is 0 Å². The molecule has 0 saturated carbocycles. The van der Waals surface area contributed by atoms with E-state index in [1.807, 2.05) is 0 Å². The second kappa shape index (κ2) is 11.9. The van der Waals surface area contributed by atoms with Gasteiger partial charge in [-0.05, 0) is 111 Å². The van der Waals surface area contributed by atoms with Crippen LogP contribution in [-0.4, -0.2) is 0 Å². The topological polar surface area (TPSA) is 0 Å². The molecule has 0 saturated heterocycles. The fourth-order valence-corrected chi connectivity index (χ4v) is 7.98. The molecule has 0 heterocycles. The van der Waals surface area contributed by atoms with E-state index in [1.165, 1.54) is 93.2 Å². The van der Waals surface area contributed by atoms with Crippen LogP contribution in [0.25, 0.3) is 87.6 Å². The highest BCUT2D eigenvalue weighted by Crippen LogP contribution is 2.46. The molecule has 0 aliphatic rings. The van der Waals surface area contributed by atoms with Gasteiger partial charge in [0, 0.05) is 0 Å². The van der Waals surface area contributed by atoms with Crippen LogP contribution in [0.4, 0.5) is 0 Å². The van der Waals surface area contributed by atoms with Gasteiger partial charge in [-0.2, -0.15) is 0 Å². The van der Waals surface area contributed by atoms with Gasteiger partial charge >= 0.3 is 0 Å². The molecule has 9 aromatic rings. The maximum Gasteiger partial charge on any atom is -0.00234 e. The van der Waals surface area contributed by atoms with E-state index in [2.05, 4.69) is 197 Å². The first-order valence-electron chi connectivity index (χ1n) is 17.6. The molecule has 0 aromatic heterocycles. The van der Waals surface area contributed by atoms with Gasteiger partial charge in [-0.15, -0.1) is 0 Å². The van der Waals surface area contributed by atoms with Crippen molar-refractivity contribution in [2.45, 2.75) is 26.2 Å². The summed E-state index contributed by atoms with van der Waals surface area (Å²) in [6.45, 7) is 6.94. The second-order valence-corrected chi connectivity index (χ2v) is 14.5. The minimum Gasteiger partial charge on any atom is -0.0619 e. The average Bonchev–Trinajstić information content (AvgIpc) is 3.16. The molecule has 0 nitrogen and oxygen atoms in total. The van der Waals surface area contributed by atoms with Gasteiger partial charge in [-0.3, -0.25) is 0 Å². The molecule has 9 aromatic carbocycles. The van der Waals surface area contributed by atoms with Crippen molar-refractivity contribution in [3.05, 3.63) is 181 Å². The predicted molar refractivity (Wildman–Crippen MR) is 217 cm³/mol. The van der Waals surface area contributed by atoms with Crippen molar-refractivity contribution in [3.8, 4) is 44.5 Å².